The maximum Gasteiger partial charge on any atom is 0.341 e. The topological polar surface area (TPSA) is 112 Å². The number of pyridine rings is 1. The van der Waals surface area contributed by atoms with Crippen molar-refractivity contribution in [3.63, 3.8) is 0 Å². The number of nitrogens with zero attached hydrogens (tertiary/aromatic N) is 1. The molecule has 0 unspecified atom stereocenters. The number of rotatable bonds is 8. The summed E-state index contributed by atoms with van der Waals surface area (Å²) in [6, 6.07) is 6.25. The van der Waals surface area contributed by atoms with Crippen molar-refractivity contribution in [2.75, 3.05) is 33.3 Å². The minimum atomic E-state index is -0.783. The molecule has 0 saturated carbocycles. The molecule has 0 aliphatic heterocycles. The van der Waals surface area contributed by atoms with Crippen LogP contribution in [0.5, 0.6) is 11.6 Å². The second-order valence-corrected chi connectivity index (χ2v) is 6.85. The third-order valence-electron chi connectivity index (χ3n) is 4.77. The van der Waals surface area contributed by atoms with Gasteiger partial charge in [0.2, 0.25) is 0 Å². The van der Waals surface area contributed by atoms with Crippen molar-refractivity contribution >= 4 is 34.1 Å². The summed E-state index contributed by atoms with van der Waals surface area (Å²) in [7, 11) is 3.94. The molecule has 174 valence electrons. The van der Waals surface area contributed by atoms with Crippen molar-refractivity contribution in [2.45, 2.75) is 13.8 Å². The molecule has 2 heterocycles. The predicted molar refractivity (Wildman–Crippen MR) is 120 cm³/mol. The third-order valence-corrected chi connectivity index (χ3v) is 4.77. The average Bonchev–Trinajstić information content (AvgIpc) is 3.20. The first kappa shape index (κ1) is 23.6. The van der Waals surface area contributed by atoms with E-state index in [1.54, 1.807) is 19.1 Å². The first-order valence-corrected chi connectivity index (χ1v) is 9.97. The molecular weight excluding hydrogens is 433 g/mol. The summed E-state index contributed by atoms with van der Waals surface area (Å²) in [6.45, 7) is 3.52. The molecule has 0 radical (unpaired) electrons. The highest BCUT2D eigenvalue weighted by molar-refractivity contribution is 6.18. The Bertz CT molecular complexity index is 1230. The number of benzene rings is 1. The summed E-state index contributed by atoms with van der Waals surface area (Å²) in [5.74, 6) is -1.86. The molecule has 9 nitrogen and oxygen atoms in total. The summed E-state index contributed by atoms with van der Waals surface area (Å²) in [5, 5.41) is 3.18. The van der Waals surface area contributed by atoms with Crippen molar-refractivity contribution in [3.8, 4) is 11.6 Å². The molecule has 0 saturated heterocycles. The smallest absolute Gasteiger partial charge is 0.341 e. The SMILES string of the molecule is CCOC(=O)/C(=C\Nc1ccc2[nH]c(C)cc2c1F)c1nc(OC)c(OC)cc1C(=O)OC. The molecule has 0 bridgehead atoms. The fraction of sp³-hybridized carbons (Fsp3) is 0.261. The quantitative estimate of drug-likeness (QED) is 0.388. The zero-order valence-corrected chi connectivity index (χ0v) is 18.9. The number of fused-ring (bicyclic) bond motifs is 1. The second kappa shape index (κ2) is 10.0. The Morgan fingerprint density at radius 3 is 2.58 bits per heavy atom. The van der Waals surface area contributed by atoms with Crippen LogP contribution < -0.4 is 14.8 Å². The maximum atomic E-state index is 15.0. The number of methoxy groups -OCH3 is 3. The molecule has 10 heteroatoms. The lowest BCUT2D eigenvalue weighted by atomic mass is 10.1. The van der Waals surface area contributed by atoms with E-state index >= 15 is 4.39 Å². The number of esters is 2. The highest BCUT2D eigenvalue weighted by atomic mass is 19.1. The molecule has 33 heavy (non-hydrogen) atoms. The van der Waals surface area contributed by atoms with E-state index in [1.807, 2.05) is 6.92 Å². The van der Waals surface area contributed by atoms with Gasteiger partial charge in [-0.2, -0.15) is 0 Å². The number of hydrogen-bond donors (Lipinski definition) is 2. The Hall–Kier alpha value is -4.08. The molecule has 0 spiro atoms. The van der Waals surface area contributed by atoms with Crippen LogP contribution in [0.25, 0.3) is 16.5 Å². The number of ether oxygens (including phenoxy) is 4. The number of hydrogen-bond acceptors (Lipinski definition) is 8. The van der Waals surface area contributed by atoms with Gasteiger partial charge in [0.25, 0.3) is 5.88 Å². The van der Waals surface area contributed by atoms with Gasteiger partial charge in [0.1, 0.15) is 5.57 Å². The standard InChI is InChI=1S/C23H24FN3O6/c1-6-33-23(29)15(11-25-17-8-7-16-13(19(17)24)9-12(2)26-16)20-14(22(28)32-5)10-18(30-3)21(27-20)31-4/h7-11,25-26H,6H2,1-5H3/b15-11-. The highest BCUT2D eigenvalue weighted by Crippen LogP contribution is 2.32. The van der Waals surface area contributed by atoms with Crippen LogP contribution in [0, 0.1) is 12.7 Å². The molecule has 2 aromatic heterocycles. The van der Waals surface area contributed by atoms with Gasteiger partial charge < -0.3 is 29.2 Å². The van der Waals surface area contributed by atoms with Gasteiger partial charge in [-0.3, -0.25) is 0 Å². The van der Waals surface area contributed by atoms with Crippen LogP contribution >= 0.6 is 0 Å². The third kappa shape index (κ3) is 4.74. The predicted octanol–water partition coefficient (Wildman–Crippen LogP) is 3.83. The van der Waals surface area contributed by atoms with E-state index < -0.39 is 17.8 Å². The lowest BCUT2D eigenvalue weighted by molar-refractivity contribution is -0.136. The summed E-state index contributed by atoms with van der Waals surface area (Å²) in [5.41, 5.74) is 1.28. The second-order valence-electron chi connectivity index (χ2n) is 6.85. The van der Waals surface area contributed by atoms with Crippen LogP contribution in [-0.2, 0) is 14.3 Å². The van der Waals surface area contributed by atoms with Gasteiger partial charge in [0, 0.05) is 28.9 Å². The minimum Gasteiger partial charge on any atom is -0.491 e. The molecule has 3 aromatic rings. The van der Waals surface area contributed by atoms with Crippen LogP contribution in [0.2, 0.25) is 0 Å². The Kier molecular flexibility index (Phi) is 7.17. The number of aryl methyl sites for hydroxylation is 1. The minimum absolute atomic E-state index is 0.0331. The van der Waals surface area contributed by atoms with Crippen molar-refractivity contribution in [2.24, 2.45) is 0 Å². The average molecular weight is 457 g/mol. The number of nitrogens with one attached hydrogen (secondary N) is 2. The van der Waals surface area contributed by atoms with Crippen molar-refractivity contribution in [1.82, 2.24) is 9.97 Å². The normalized spacial score (nSPS) is 11.3. The number of aromatic amines is 1. The number of aromatic nitrogens is 2. The lowest BCUT2D eigenvalue weighted by Gasteiger charge is -2.15. The molecule has 0 atom stereocenters. The lowest BCUT2D eigenvalue weighted by Crippen LogP contribution is -2.15. The van der Waals surface area contributed by atoms with E-state index in [0.717, 1.165) is 5.69 Å². The van der Waals surface area contributed by atoms with E-state index in [9.17, 15) is 9.59 Å². The van der Waals surface area contributed by atoms with Crippen molar-refractivity contribution < 1.29 is 32.9 Å². The number of carbonyl (C=O) groups excluding carboxylic acids is 2. The fourth-order valence-electron chi connectivity index (χ4n) is 3.24. The molecule has 3 rings (SSSR count). The Morgan fingerprint density at radius 1 is 1.18 bits per heavy atom. The van der Waals surface area contributed by atoms with E-state index in [-0.39, 0.29) is 40.8 Å². The molecule has 0 amide bonds. The van der Waals surface area contributed by atoms with E-state index in [2.05, 4.69) is 15.3 Å². The molecular formula is C23H24FN3O6. The largest absolute Gasteiger partial charge is 0.491 e. The zero-order valence-electron chi connectivity index (χ0n) is 18.9. The monoisotopic (exact) mass is 457 g/mol. The highest BCUT2D eigenvalue weighted by Gasteiger charge is 2.26. The van der Waals surface area contributed by atoms with Crippen molar-refractivity contribution in [1.29, 1.82) is 0 Å². The molecule has 0 aliphatic carbocycles. The van der Waals surface area contributed by atoms with E-state index in [0.29, 0.717) is 10.9 Å². The van der Waals surface area contributed by atoms with Crippen LogP contribution in [0.4, 0.5) is 10.1 Å². The Labute approximate surface area is 189 Å². The Balaban J connectivity index is 2.15. The summed E-state index contributed by atoms with van der Waals surface area (Å²) in [4.78, 5) is 32.6. The number of carbonyl (C=O) groups is 2. The Morgan fingerprint density at radius 2 is 1.94 bits per heavy atom. The summed E-state index contributed by atoms with van der Waals surface area (Å²) in [6.07, 6.45) is 1.22. The number of H-pyrrole nitrogens is 1. The van der Waals surface area contributed by atoms with Gasteiger partial charge in [0.15, 0.2) is 11.6 Å². The van der Waals surface area contributed by atoms with Crippen LogP contribution in [0.1, 0.15) is 28.7 Å². The van der Waals surface area contributed by atoms with Crippen molar-refractivity contribution in [3.05, 3.63) is 53.2 Å². The maximum absolute atomic E-state index is 15.0. The summed E-state index contributed by atoms with van der Waals surface area (Å²) < 4.78 is 35.4. The number of halogens is 1. The molecule has 0 aliphatic rings. The van der Waals surface area contributed by atoms with Gasteiger partial charge in [-0.15, -0.1) is 0 Å². The van der Waals surface area contributed by atoms with Crippen LogP contribution in [0.3, 0.4) is 0 Å². The summed E-state index contributed by atoms with van der Waals surface area (Å²) >= 11 is 0. The van der Waals surface area contributed by atoms with Gasteiger partial charge >= 0.3 is 11.9 Å². The van der Waals surface area contributed by atoms with E-state index in [4.69, 9.17) is 18.9 Å². The van der Waals surface area contributed by atoms with Gasteiger partial charge in [0.05, 0.1) is 44.9 Å². The van der Waals surface area contributed by atoms with E-state index in [1.165, 1.54) is 39.7 Å². The van der Waals surface area contributed by atoms with Gasteiger partial charge in [-0.1, -0.05) is 0 Å². The first-order valence-electron chi connectivity index (χ1n) is 9.97. The fourth-order valence-corrected chi connectivity index (χ4v) is 3.24. The molecule has 2 N–H and O–H groups in total. The number of anilines is 1. The van der Waals surface area contributed by atoms with Crippen LogP contribution in [-0.4, -0.2) is 49.8 Å². The van der Waals surface area contributed by atoms with Gasteiger partial charge in [-0.05, 0) is 32.0 Å². The first-order chi connectivity index (χ1) is 15.8. The molecule has 1 aromatic carbocycles. The zero-order chi connectivity index (χ0) is 24.1. The molecule has 0 fully saturated rings. The van der Waals surface area contributed by atoms with Crippen LogP contribution in [0.15, 0.2) is 30.5 Å². The van der Waals surface area contributed by atoms with Gasteiger partial charge in [-0.25, -0.2) is 19.0 Å².